The van der Waals surface area contributed by atoms with Crippen LogP contribution in [0.15, 0.2) is 23.1 Å². The van der Waals surface area contributed by atoms with Gasteiger partial charge in [-0.3, -0.25) is 0 Å². The monoisotopic (exact) mass is 259 g/mol. The third-order valence-electron chi connectivity index (χ3n) is 2.51. The van der Waals surface area contributed by atoms with Crippen LogP contribution in [0.5, 0.6) is 0 Å². The Kier molecular flexibility index (Phi) is 5.91. The molecule has 2 atom stereocenters. The molecule has 2 unspecified atom stereocenters. The number of benzene rings is 1. The molecule has 0 aliphatic heterocycles. The number of hydrogen-bond acceptors (Lipinski definition) is 4. The zero-order valence-corrected chi connectivity index (χ0v) is 10.8. The van der Waals surface area contributed by atoms with Crippen molar-refractivity contribution in [1.82, 2.24) is 5.32 Å². The quantitative estimate of drug-likeness (QED) is 0.679. The van der Waals surface area contributed by atoms with Gasteiger partial charge in [-0.25, -0.2) is 4.39 Å². The van der Waals surface area contributed by atoms with E-state index in [-0.39, 0.29) is 18.5 Å². The van der Waals surface area contributed by atoms with Crippen molar-refractivity contribution >= 4 is 11.8 Å². The first-order valence-corrected chi connectivity index (χ1v) is 6.45. The fourth-order valence-corrected chi connectivity index (χ4v) is 2.43. The molecule has 17 heavy (non-hydrogen) atoms. The molecular weight excluding hydrogens is 241 g/mol. The maximum Gasteiger partial charge on any atom is 0.123 e. The first-order chi connectivity index (χ1) is 8.08. The van der Waals surface area contributed by atoms with E-state index in [0.29, 0.717) is 5.75 Å². The third kappa shape index (κ3) is 4.27. The summed E-state index contributed by atoms with van der Waals surface area (Å²) in [4.78, 5) is 0.917. The lowest BCUT2D eigenvalue weighted by Gasteiger charge is -2.16. The van der Waals surface area contributed by atoms with E-state index in [1.807, 2.05) is 14.0 Å². The Labute approximate surface area is 105 Å². The smallest absolute Gasteiger partial charge is 0.123 e. The fraction of sp³-hybridized carbons (Fsp3) is 0.500. The Hall–Kier alpha value is -0.620. The highest BCUT2D eigenvalue weighted by Crippen LogP contribution is 2.28. The van der Waals surface area contributed by atoms with Crippen LogP contribution in [0.4, 0.5) is 4.39 Å². The van der Waals surface area contributed by atoms with Gasteiger partial charge in [-0.2, -0.15) is 0 Å². The number of thioether (sulfide) groups is 1. The molecule has 0 fully saturated rings. The molecule has 1 aromatic rings. The standard InChI is InChI=1S/C12H18FNO2S/c1-8(14-2)11-5-9(13)3-4-12(11)17-7-10(16)6-15/h3-5,8,10,14-16H,6-7H2,1-2H3. The van der Waals surface area contributed by atoms with Gasteiger partial charge in [0.05, 0.1) is 12.7 Å². The zero-order chi connectivity index (χ0) is 12.8. The lowest BCUT2D eigenvalue weighted by Crippen LogP contribution is -2.16. The summed E-state index contributed by atoms with van der Waals surface area (Å²) in [7, 11) is 1.81. The van der Waals surface area contributed by atoms with E-state index in [4.69, 9.17) is 5.11 Å². The van der Waals surface area contributed by atoms with E-state index in [9.17, 15) is 9.50 Å². The summed E-state index contributed by atoms with van der Waals surface area (Å²) in [5, 5.41) is 21.1. The number of aliphatic hydroxyl groups is 2. The minimum absolute atomic E-state index is 0.0412. The number of hydrogen-bond donors (Lipinski definition) is 3. The molecule has 0 aliphatic carbocycles. The van der Waals surface area contributed by atoms with E-state index in [2.05, 4.69) is 5.32 Å². The van der Waals surface area contributed by atoms with Gasteiger partial charge in [-0.15, -0.1) is 11.8 Å². The van der Waals surface area contributed by atoms with Gasteiger partial charge in [-0.05, 0) is 37.7 Å². The van der Waals surface area contributed by atoms with E-state index in [1.165, 1.54) is 23.9 Å². The summed E-state index contributed by atoms with van der Waals surface area (Å²) in [5.41, 5.74) is 0.864. The van der Waals surface area contributed by atoms with Gasteiger partial charge in [0.1, 0.15) is 5.82 Å². The molecule has 0 aliphatic rings. The molecule has 3 nitrogen and oxygen atoms in total. The molecule has 0 amide bonds. The Morgan fingerprint density at radius 1 is 1.47 bits per heavy atom. The summed E-state index contributed by atoms with van der Waals surface area (Å²) in [6.07, 6.45) is -0.747. The largest absolute Gasteiger partial charge is 0.394 e. The first-order valence-electron chi connectivity index (χ1n) is 5.47. The Balaban J connectivity index is 2.83. The maximum absolute atomic E-state index is 13.2. The Morgan fingerprint density at radius 3 is 2.76 bits per heavy atom. The van der Waals surface area contributed by atoms with Crippen molar-refractivity contribution in [3.63, 3.8) is 0 Å². The van der Waals surface area contributed by atoms with Gasteiger partial charge in [0.2, 0.25) is 0 Å². The molecule has 0 heterocycles. The Morgan fingerprint density at radius 2 is 2.18 bits per heavy atom. The minimum atomic E-state index is -0.747. The average molecular weight is 259 g/mol. The van der Waals surface area contributed by atoms with E-state index >= 15 is 0 Å². The first kappa shape index (κ1) is 14.4. The molecule has 5 heteroatoms. The molecule has 0 radical (unpaired) electrons. The van der Waals surface area contributed by atoms with Crippen molar-refractivity contribution in [3.05, 3.63) is 29.6 Å². The number of nitrogens with one attached hydrogen (secondary N) is 1. The summed E-state index contributed by atoms with van der Waals surface area (Å²) in [5.74, 6) is 0.125. The second kappa shape index (κ2) is 6.96. The van der Waals surface area contributed by atoms with Crippen LogP contribution < -0.4 is 5.32 Å². The van der Waals surface area contributed by atoms with Crippen LogP contribution in [0.3, 0.4) is 0 Å². The van der Waals surface area contributed by atoms with Gasteiger partial charge in [0, 0.05) is 16.7 Å². The number of aliphatic hydroxyl groups excluding tert-OH is 2. The molecule has 96 valence electrons. The summed E-state index contributed by atoms with van der Waals surface area (Å²) >= 11 is 1.42. The van der Waals surface area contributed by atoms with Gasteiger partial charge < -0.3 is 15.5 Å². The molecule has 0 saturated carbocycles. The molecule has 0 saturated heterocycles. The summed E-state index contributed by atoms with van der Waals surface area (Å²) < 4.78 is 13.2. The molecule has 0 aromatic heterocycles. The van der Waals surface area contributed by atoms with E-state index < -0.39 is 6.10 Å². The molecule has 1 aromatic carbocycles. The SMILES string of the molecule is CNC(C)c1cc(F)ccc1SCC(O)CO. The second-order valence-corrected chi connectivity index (χ2v) is 4.90. The topological polar surface area (TPSA) is 52.5 Å². The van der Waals surface area contributed by atoms with Crippen molar-refractivity contribution in [1.29, 1.82) is 0 Å². The van der Waals surface area contributed by atoms with Gasteiger partial charge in [0.15, 0.2) is 0 Å². The lowest BCUT2D eigenvalue weighted by atomic mass is 10.1. The third-order valence-corrected chi connectivity index (χ3v) is 3.75. The average Bonchev–Trinajstić information content (AvgIpc) is 2.35. The van der Waals surface area contributed by atoms with E-state index in [0.717, 1.165) is 10.5 Å². The van der Waals surface area contributed by atoms with Crippen LogP contribution in [0.2, 0.25) is 0 Å². The fourth-order valence-electron chi connectivity index (χ4n) is 1.38. The number of halogens is 1. The van der Waals surface area contributed by atoms with E-state index in [1.54, 1.807) is 6.07 Å². The van der Waals surface area contributed by atoms with Gasteiger partial charge in [-0.1, -0.05) is 0 Å². The maximum atomic E-state index is 13.2. The summed E-state index contributed by atoms with van der Waals surface area (Å²) in [6.45, 7) is 1.69. The predicted octanol–water partition coefficient (Wildman–Crippen LogP) is 1.55. The van der Waals surface area contributed by atoms with Crippen molar-refractivity contribution in [2.45, 2.75) is 24.0 Å². The van der Waals surface area contributed by atoms with Crippen LogP contribution in [-0.2, 0) is 0 Å². The highest BCUT2D eigenvalue weighted by atomic mass is 32.2. The van der Waals surface area contributed by atoms with Crippen LogP contribution in [-0.4, -0.2) is 35.7 Å². The van der Waals surface area contributed by atoms with Crippen LogP contribution >= 0.6 is 11.8 Å². The van der Waals surface area contributed by atoms with Crippen LogP contribution in [0.1, 0.15) is 18.5 Å². The summed E-state index contributed by atoms with van der Waals surface area (Å²) in [6, 6.07) is 4.64. The van der Waals surface area contributed by atoms with Gasteiger partial charge in [0.25, 0.3) is 0 Å². The lowest BCUT2D eigenvalue weighted by molar-refractivity contribution is 0.113. The van der Waals surface area contributed by atoms with Crippen molar-refractivity contribution in [2.75, 3.05) is 19.4 Å². The second-order valence-electron chi connectivity index (χ2n) is 3.84. The molecule has 0 spiro atoms. The highest BCUT2D eigenvalue weighted by Gasteiger charge is 2.12. The minimum Gasteiger partial charge on any atom is -0.394 e. The van der Waals surface area contributed by atoms with Crippen molar-refractivity contribution < 1.29 is 14.6 Å². The highest BCUT2D eigenvalue weighted by molar-refractivity contribution is 7.99. The van der Waals surface area contributed by atoms with Gasteiger partial charge >= 0.3 is 0 Å². The van der Waals surface area contributed by atoms with Crippen molar-refractivity contribution in [3.8, 4) is 0 Å². The molecule has 0 bridgehead atoms. The van der Waals surface area contributed by atoms with Crippen molar-refractivity contribution in [2.24, 2.45) is 0 Å². The molecule has 3 N–H and O–H groups in total. The van der Waals surface area contributed by atoms with Crippen LogP contribution in [0.25, 0.3) is 0 Å². The Bertz CT molecular complexity index is 362. The molecular formula is C12H18FNO2S. The normalized spacial score (nSPS) is 14.6. The zero-order valence-electron chi connectivity index (χ0n) is 9.98. The van der Waals surface area contributed by atoms with Crippen LogP contribution in [0, 0.1) is 5.82 Å². The predicted molar refractivity (Wildman–Crippen MR) is 67.7 cm³/mol. The molecule has 1 rings (SSSR count). The number of rotatable bonds is 6.